The van der Waals surface area contributed by atoms with Gasteiger partial charge in [0.2, 0.25) is 0 Å². The molecule has 11 heteroatoms. The molecular formula is C34H37ClN6O3S. The first-order valence-corrected chi connectivity index (χ1v) is 15.9. The number of benzene rings is 2. The van der Waals surface area contributed by atoms with Crippen molar-refractivity contribution in [3.05, 3.63) is 105 Å². The van der Waals surface area contributed by atoms with Gasteiger partial charge in [-0.25, -0.2) is 0 Å². The quantitative estimate of drug-likeness (QED) is 0.124. The Morgan fingerprint density at radius 3 is 2.42 bits per heavy atom. The van der Waals surface area contributed by atoms with Gasteiger partial charge in [-0.3, -0.25) is 15.1 Å². The summed E-state index contributed by atoms with van der Waals surface area (Å²) < 4.78 is 7.21. The minimum absolute atomic E-state index is 0.0374. The van der Waals surface area contributed by atoms with Crippen LogP contribution in [0, 0.1) is 35.8 Å². The summed E-state index contributed by atoms with van der Waals surface area (Å²) in [6.45, 7) is 10.5. The van der Waals surface area contributed by atoms with E-state index >= 15 is 0 Å². The molecule has 0 amide bonds. The van der Waals surface area contributed by atoms with Crippen LogP contribution in [0.3, 0.4) is 0 Å². The van der Waals surface area contributed by atoms with Gasteiger partial charge in [0, 0.05) is 36.4 Å². The molecule has 2 saturated heterocycles. The summed E-state index contributed by atoms with van der Waals surface area (Å²) in [5.41, 5.74) is 5.85. The normalized spacial score (nSPS) is 21.6. The molecule has 4 heterocycles. The molecule has 4 aromatic rings. The second-order valence-corrected chi connectivity index (χ2v) is 13.1. The van der Waals surface area contributed by atoms with Gasteiger partial charge in [0.25, 0.3) is 5.69 Å². The van der Waals surface area contributed by atoms with Crippen LogP contribution in [0.25, 0.3) is 5.69 Å². The van der Waals surface area contributed by atoms with Crippen molar-refractivity contribution in [2.75, 3.05) is 30.0 Å². The summed E-state index contributed by atoms with van der Waals surface area (Å²) in [5, 5.41) is 16.9. The monoisotopic (exact) mass is 644 g/mol. The maximum absolute atomic E-state index is 12.2. The van der Waals surface area contributed by atoms with Crippen molar-refractivity contribution in [2.45, 2.75) is 46.2 Å². The number of nitrogens with zero attached hydrogens (tertiary/aromatic N) is 5. The van der Waals surface area contributed by atoms with Crippen LogP contribution in [0.4, 0.5) is 17.1 Å². The van der Waals surface area contributed by atoms with Crippen molar-refractivity contribution in [1.82, 2.24) is 14.9 Å². The number of hydrogen-bond acceptors (Lipinski definition) is 6. The number of halogens is 1. The molecule has 0 radical (unpaired) electrons. The molecular weight excluding hydrogens is 608 g/mol. The van der Waals surface area contributed by atoms with E-state index < -0.39 is 0 Å². The summed E-state index contributed by atoms with van der Waals surface area (Å²) in [6.07, 6.45) is 2.99. The fourth-order valence-corrected chi connectivity index (χ4v) is 7.77. The third-order valence-electron chi connectivity index (χ3n) is 8.93. The van der Waals surface area contributed by atoms with Gasteiger partial charge in [-0.05, 0) is 98.4 Å². The lowest BCUT2D eigenvalue weighted by Gasteiger charge is -2.37. The lowest BCUT2D eigenvalue weighted by atomic mass is 9.91. The van der Waals surface area contributed by atoms with Crippen LogP contribution in [0.5, 0.6) is 5.75 Å². The molecule has 2 aliphatic heterocycles. The third kappa shape index (κ3) is 5.73. The molecule has 2 fully saturated rings. The van der Waals surface area contributed by atoms with E-state index in [1.165, 1.54) is 19.6 Å². The van der Waals surface area contributed by atoms with E-state index in [0.29, 0.717) is 33.4 Å². The van der Waals surface area contributed by atoms with Gasteiger partial charge in [-0.2, -0.15) is 0 Å². The molecule has 2 aliphatic rings. The maximum atomic E-state index is 12.2. The van der Waals surface area contributed by atoms with Gasteiger partial charge >= 0.3 is 0 Å². The van der Waals surface area contributed by atoms with Crippen molar-refractivity contribution in [2.24, 2.45) is 11.8 Å². The van der Waals surface area contributed by atoms with Gasteiger partial charge < -0.3 is 24.4 Å². The molecule has 234 valence electrons. The fourth-order valence-electron chi connectivity index (χ4n) is 7.13. The Morgan fingerprint density at radius 2 is 1.78 bits per heavy atom. The number of piperidine rings is 1. The lowest BCUT2D eigenvalue weighted by Crippen LogP contribution is -2.38. The van der Waals surface area contributed by atoms with Gasteiger partial charge in [0.15, 0.2) is 5.11 Å². The first kappa shape index (κ1) is 30.9. The summed E-state index contributed by atoms with van der Waals surface area (Å²) in [6, 6.07) is 18.4. The summed E-state index contributed by atoms with van der Waals surface area (Å²) in [4.78, 5) is 20.9. The number of thiocarbonyl (C=S) groups is 1. The molecule has 2 aromatic carbocycles. The number of nitro groups is 1. The number of ether oxygens (including phenoxy) is 1. The zero-order valence-corrected chi connectivity index (χ0v) is 27.6. The van der Waals surface area contributed by atoms with Gasteiger partial charge in [-0.1, -0.05) is 31.5 Å². The van der Waals surface area contributed by atoms with Crippen molar-refractivity contribution in [3.63, 3.8) is 0 Å². The van der Waals surface area contributed by atoms with Gasteiger partial charge in [-0.15, -0.1) is 0 Å². The van der Waals surface area contributed by atoms with Crippen LogP contribution in [0.15, 0.2) is 66.9 Å². The van der Waals surface area contributed by atoms with Crippen molar-refractivity contribution < 1.29 is 9.66 Å². The molecule has 0 bridgehead atoms. The summed E-state index contributed by atoms with van der Waals surface area (Å²) in [7, 11) is 1.50. The Morgan fingerprint density at radius 1 is 1.04 bits per heavy atom. The number of pyridine rings is 1. The topological polar surface area (TPSA) is 88.7 Å². The van der Waals surface area contributed by atoms with Crippen LogP contribution < -0.4 is 19.9 Å². The minimum atomic E-state index is -0.376. The van der Waals surface area contributed by atoms with Crippen molar-refractivity contribution in [1.29, 1.82) is 0 Å². The van der Waals surface area contributed by atoms with Crippen molar-refractivity contribution >= 4 is 46.0 Å². The van der Waals surface area contributed by atoms with Crippen LogP contribution in [-0.4, -0.2) is 39.8 Å². The first-order chi connectivity index (χ1) is 21.6. The Kier molecular flexibility index (Phi) is 8.45. The molecule has 6 rings (SSSR count). The predicted octanol–water partition coefficient (Wildman–Crippen LogP) is 7.72. The maximum Gasteiger partial charge on any atom is 0.296 e. The first-order valence-electron chi connectivity index (χ1n) is 15.1. The zero-order chi connectivity index (χ0) is 32.0. The smallest absolute Gasteiger partial charge is 0.296 e. The van der Waals surface area contributed by atoms with Crippen LogP contribution in [0.1, 0.15) is 55.0 Å². The van der Waals surface area contributed by atoms with E-state index in [1.807, 2.05) is 42.7 Å². The molecule has 2 aromatic heterocycles. The Hall–Kier alpha value is -4.15. The Labute approximate surface area is 273 Å². The average Bonchev–Trinajstić information content (AvgIpc) is 3.51. The standard InChI is InChI=1S/C34H37ClN6O3S/c1-20-14-21(2)19-38(18-20)29-11-9-24(16-27(29)35)40-33(32(37-34(40)45)28-8-6-7-13-36-28)26-15-22(3)39(23(26)4)30-12-10-25(44-5)17-31(30)41(42)43/h6-13,15-17,20-21,32-33H,14,18-19H2,1-5H3,(H,37,45)/t20-,21+,32-,33-/m0/s1. The van der Waals surface area contributed by atoms with Crippen molar-refractivity contribution in [3.8, 4) is 11.4 Å². The number of rotatable bonds is 7. The SMILES string of the molecule is COc1ccc(-n2c(C)cc([C@H]3[C@H](c4ccccn4)NC(=S)N3c3ccc(N4C[C@H](C)C[C@H](C)C4)c(Cl)c3)c2C)c([N+](=O)[O-])c1. The molecule has 0 saturated carbocycles. The molecule has 0 spiro atoms. The highest BCUT2D eigenvalue weighted by atomic mass is 35.5. The van der Waals surface area contributed by atoms with Crippen LogP contribution in [-0.2, 0) is 0 Å². The third-order valence-corrected chi connectivity index (χ3v) is 9.54. The number of methoxy groups -OCH3 is 1. The molecule has 9 nitrogen and oxygen atoms in total. The van der Waals surface area contributed by atoms with E-state index in [0.717, 1.165) is 47.1 Å². The Balaban J connectivity index is 1.46. The summed E-state index contributed by atoms with van der Waals surface area (Å²) >= 11 is 13.0. The van der Waals surface area contributed by atoms with Crippen LogP contribution >= 0.6 is 23.8 Å². The lowest BCUT2D eigenvalue weighted by molar-refractivity contribution is -0.384. The number of nitrogens with one attached hydrogen (secondary N) is 1. The van der Waals surface area contributed by atoms with Gasteiger partial charge in [0.05, 0.1) is 46.6 Å². The van der Waals surface area contributed by atoms with E-state index in [2.05, 4.69) is 52.1 Å². The average molecular weight is 645 g/mol. The van der Waals surface area contributed by atoms with E-state index in [-0.39, 0.29) is 22.7 Å². The van der Waals surface area contributed by atoms with E-state index in [1.54, 1.807) is 18.3 Å². The second-order valence-electron chi connectivity index (χ2n) is 12.3. The second kappa shape index (κ2) is 12.3. The molecule has 0 aliphatic carbocycles. The number of aryl methyl sites for hydroxylation is 1. The highest BCUT2D eigenvalue weighted by molar-refractivity contribution is 7.80. The zero-order valence-electron chi connectivity index (χ0n) is 26.0. The number of aromatic nitrogens is 2. The summed E-state index contributed by atoms with van der Waals surface area (Å²) in [5.74, 6) is 1.62. The number of anilines is 2. The fraction of sp³-hybridized carbons (Fsp3) is 0.353. The number of nitro benzene ring substituents is 1. The molecule has 0 unspecified atom stereocenters. The predicted molar refractivity (Wildman–Crippen MR) is 183 cm³/mol. The molecule has 4 atom stereocenters. The highest BCUT2D eigenvalue weighted by Gasteiger charge is 2.43. The molecule has 45 heavy (non-hydrogen) atoms. The minimum Gasteiger partial charge on any atom is -0.496 e. The van der Waals surface area contributed by atoms with Crippen LogP contribution in [0.2, 0.25) is 5.02 Å². The largest absolute Gasteiger partial charge is 0.496 e. The van der Waals surface area contributed by atoms with E-state index in [9.17, 15) is 10.1 Å². The Bertz CT molecular complexity index is 1750. The molecule has 1 N–H and O–H groups in total. The highest BCUT2D eigenvalue weighted by Crippen LogP contribution is 2.46. The van der Waals surface area contributed by atoms with Gasteiger partial charge in [0.1, 0.15) is 11.4 Å². The van der Waals surface area contributed by atoms with E-state index in [4.69, 9.17) is 28.6 Å². The number of hydrogen-bond donors (Lipinski definition) is 1.